The molecule has 1 N–H and O–H groups in total. The summed E-state index contributed by atoms with van der Waals surface area (Å²) in [6, 6.07) is 3.88. The number of carbonyl (C=O) groups is 2. The number of thiazole rings is 1. The summed E-state index contributed by atoms with van der Waals surface area (Å²) < 4.78 is 0. The molecule has 132 valence electrons. The first-order chi connectivity index (χ1) is 12.2. The number of aromatic nitrogens is 2. The minimum Gasteiger partial charge on any atom is -0.355 e. The molecule has 2 aromatic rings. The quantitative estimate of drug-likeness (QED) is 0.858. The van der Waals surface area contributed by atoms with Crippen LogP contribution in [0.5, 0.6) is 0 Å². The SMILES string of the molecule is CCN1CC(C(=O)NCCc2csc(-c3cccnc3)n2)CCC1=O. The normalized spacial score (nSPS) is 17.6. The molecule has 1 aliphatic heterocycles. The number of hydrogen-bond donors (Lipinski definition) is 1. The molecule has 7 heteroatoms. The number of likely N-dealkylation sites (tertiary alicyclic amines) is 1. The van der Waals surface area contributed by atoms with Gasteiger partial charge in [-0.25, -0.2) is 4.98 Å². The number of pyridine rings is 1. The molecular formula is C18H22N4O2S. The first-order valence-corrected chi connectivity index (χ1v) is 9.45. The second-order valence-corrected chi connectivity index (χ2v) is 6.95. The fourth-order valence-electron chi connectivity index (χ4n) is 2.94. The van der Waals surface area contributed by atoms with Crippen molar-refractivity contribution in [1.29, 1.82) is 0 Å². The van der Waals surface area contributed by atoms with Gasteiger partial charge in [-0.2, -0.15) is 0 Å². The molecule has 2 aromatic heterocycles. The van der Waals surface area contributed by atoms with Crippen molar-refractivity contribution in [2.24, 2.45) is 5.92 Å². The lowest BCUT2D eigenvalue weighted by atomic mass is 9.96. The second kappa shape index (κ2) is 8.20. The molecule has 1 fully saturated rings. The van der Waals surface area contributed by atoms with Crippen LogP contribution in [0.1, 0.15) is 25.5 Å². The van der Waals surface area contributed by atoms with Gasteiger partial charge < -0.3 is 10.2 Å². The zero-order valence-corrected chi connectivity index (χ0v) is 15.1. The molecule has 1 aliphatic rings. The molecule has 0 aliphatic carbocycles. The molecular weight excluding hydrogens is 336 g/mol. The molecule has 6 nitrogen and oxygen atoms in total. The van der Waals surface area contributed by atoms with E-state index in [9.17, 15) is 9.59 Å². The summed E-state index contributed by atoms with van der Waals surface area (Å²) in [4.78, 5) is 34.5. The third kappa shape index (κ3) is 4.42. The maximum Gasteiger partial charge on any atom is 0.224 e. The Hall–Kier alpha value is -2.28. The van der Waals surface area contributed by atoms with Gasteiger partial charge >= 0.3 is 0 Å². The van der Waals surface area contributed by atoms with Gasteiger partial charge in [-0.15, -0.1) is 11.3 Å². The van der Waals surface area contributed by atoms with Gasteiger partial charge in [-0.05, 0) is 25.5 Å². The summed E-state index contributed by atoms with van der Waals surface area (Å²) in [5.74, 6) is 0.0876. The molecule has 0 radical (unpaired) electrons. The van der Waals surface area contributed by atoms with E-state index >= 15 is 0 Å². The Morgan fingerprint density at radius 1 is 1.48 bits per heavy atom. The number of carbonyl (C=O) groups excluding carboxylic acids is 2. The number of rotatable bonds is 6. The second-order valence-electron chi connectivity index (χ2n) is 6.09. The van der Waals surface area contributed by atoms with E-state index < -0.39 is 0 Å². The third-order valence-electron chi connectivity index (χ3n) is 4.39. The first kappa shape index (κ1) is 17.5. The molecule has 2 amide bonds. The topological polar surface area (TPSA) is 75.2 Å². The van der Waals surface area contributed by atoms with Crippen molar-refractivity contribution in [1.82, 2.24) is 20.2 Å². The lowest BCUT2D eigenvalue weighted by molar-refractivity contribution is -0.138. The van der Waals surface area contributed by atoms with Crippen LogP contribution in [0.25, 0.3) is 10.6 Å². The van der Waals surface area contributed by atoms with Crippen LogP contribution in [0.4, 0.5) is 0 Å². The largest absolute Gasteiger partial charge is 0.355 e. The first-order valence-electron chi connectivity index (χ1n) is 8.57. The van der Waals surface area contributed by atoms with Crippen molar-refractivity contribution < 1.29 is 9.59 Å². The maximum atomic E-state index is 12.3. The Labute approximate surface area is 151 Å². The van der Waals surface area contributed by atoms with Gasteiger partial charge in [0.15, 0.2) is 0 Å². The van der Waals surface area contributed by atoms with Crippen molar-refractivity contribution >= 4 is 23.2 Å². The van der Waals surface area contributed by atoms with Crippen molar-refractivity contribution in [2.45, 2.75) is 26.2 Å². The standard InChI is InChI=1S/C18H22N4O2S/c1-2-22-11-14(5-6-16(22)23)17(24)20-9-7-15-12-25-18(21-15)13-4-3-8-19-10-13/h3-4,8,10,12,14H,2,5-7,9,11H2,1H3,(H,20,24). The fourth-order valence-corrected chi connectivity index (χ4v) is 3.78. The van der Waals surface area contributed by atoms with Crippen molar-refractivity contribution in [2.75, 3.05) is 19.6 Å². The molecule has 1 saturated heterocycles. The highest BCUT2D eigenvalue weighted by Gasteiger charge is 2.29. The van der Waals surface area contributed by atoms with Gasteiger partial charge in [0.25, 0.3) is 0 Å². The lowest BCUT2D eigenvalue weighted by Crippen LogP contribution is -2.45. The van der Waals surface area contributed by atoms with Crippen LogP contribution in [0.15, 0.2) is 29.9 Å². The number of nitrogens with zero attached hydrogens (tertiary/aromatic N) is 3. The summed E-state index contributed by atoms with van der Waals surface area (Å²) >= 11 is 1.59. The molecule has 3 rings (SSSR count). The highest BCUT2D eigenvalue weighted by Crippen LogP contribution is 2.22. The van der Waals surface area contributed by atoms with Gasteiger partial charge in [0, 0.05) is 55.8 Å². The van der Waals surface area contributed by atoms with Crippen LogP contribution in [0, 0.1) is 5.92 Å². The highest BCUT2D eigenvalue weighted by atomic mass is 32.1. The molecule has 3 heterocycles. The lowest BCUT2D eigenvalue weighted by Gasteiger charge is -2.30. The minimum atomic E-state index is -0.0981. The number of hydrogen-bond acceptors (Lipinski definition) is 5. The summed E-state index contributed by atoms with van der Waals surface area (Å²) in [7, 11) is 0. The van der Waals surface area contributed by atoms with Crippen LogP contribution in [0.3, 0.4) is 0 Å². The van der Waals surface area contributed by atoms with Crippen LogP contribution >= 0.6 is 11.3 Å². The van der Waals surface area contributed by atoms with Gasteiger partial charge in [0.05, 0.1) is 11.6 Å². The molecule has 0 spiro atoms. The van der Waals surface area contributed by atoms with Crippen molar-refractivity contribution in [3.8, 4) is 10.6 Å². The van der Waals surface area contributed by atoms with Gasteiger partial charge in [-0.1, -0.05) is 0 Å². The van der Waals surface area contributed by atoms with E-state index in [1.54, 1.807) is 28.6 Å². The smallest absolute Gasteiger partial charge is 0.224 e. The minimum absolute atomic E-state index is 0.0358. The average Bonchev–Trinajstić information content (AvgIpc) is 3.11. The van der Waals surface area contributed by atoms with Crippen LogP contribution in [0.2, 0.25) is 0 Å². The maximum absolute atomic E-state index is 12.3. The Morgan fingerprint density at radius 2 is 2.36 bits per heavy atom. The molecule has 0 bridgehead atoms. The number of amides is 2. The van der Waals surface area contributed by atoms with E-state index in [-0.39, 0.29) is 17.7 Å². The van der Waals surface area contributed by atoms with Crippen molar-refractivity contribution in [3.63, 3.8) is 0 Å². The van der Waals surface area contributed by atoms with E-state index in [0.717, 1.165) is 16.3 Å². The fraction of sp³-hybridized carbons (Fsp3) is 0.444. The Morgan fingerprint density at radius 3 is 3.12 bits per heavy atom. The van der Waals surface area contributed by atoms with Gasteiger partial charge in [0.2, 0.25) is 11.8 Å². The number of piperidine rings is 1. The summed E-state index contributed by atoms with van der Waals surface area (Å²) in [5, 5.41) is 5.95. The van der Waals surface area contributed by atoms with Gasteiger partial charge in [-0.3, -0.25) is 14.6 Å². The molecule has 25 heavy (non-hydrogen) atoms. The Bertz CT molecular complexity index is 732. The molecule has 0 saturated carbocycles. The molecule has 1 unspecified atom stereocenters. The number of nitrogens with one attached hydrogen (secondary N) is 1. The van der Waals surface area contributed by atoms with E-state index in [1.165, 1.54) is 0 Å². The summed E-state index contributed by atoms with van der Waals surface area (Å²) in [6.45, 7) is 3.70. The van der Waals surface area contributed by atoms with Crippen LogP contribution in [-0.4, -0.2) is 46.3 Å². The van der Waals surface area contributed by atoms with E-state index in [2.05, 4.69) is 15.3 Å². The zero-order chi connectivity index (χ0) is 17.6. The van der Waals surface area contributed by atoms with E-state index in [4.69, 9.17) is 0 Å². The predicted octanol–water partition coefficient (Wildman–Crippen LogP) is 2.12. The van der Waals surface area contributed by atoms with Gasteiger partial charge in [0.1, 0.15) is 5.01 Å². The van der Waals surface area contributed by atoms with Crippen LogP contribution in [-0.2, 0) is 16.0 Å². The van der Waals surface area contributed by atoms with Crippen LogP contribution < -0.4 is 5.32 Å². The zero-order valence-electron chi connectivity index (χ0n) is 14.3. The Kier molecular flexibility index (Phi) is 5.75. The molecule has 1 atom stereocenters. The summed E-state index contributed by atoms with van der Waals surface area (Å²) in [6.07, 6.45) is 5.35. The molecule has 0 aromatic carbocycles. The van der Waals surface area contributed by atoms with E-state index in [1.807, 2.05) is 24.4 Å². The monoisotopic (exact) mass is 358 g/mol. The average molecular weight is 358 g/mol. The van der Waals surface area contributed by atoms with Crippen molar-refractivity contribution in [3.05, 3.63) is 35.6 Å². The summed E-state index contributed by atoms with van der Waals surface area (Å²) in [5.41, 5.74) is 1.98. The Balaban J connectivity index is 1.47. The third-order valence-corrected chi connectivity index (χ3v) is 5.33. The highest BCUT2D eigenvalue weighted by molar-refractivity contribution is 7.13. The predicted molar refractivity (Wildman–Crippen MR) is 97.0 cm³/mol. The van der Waals surface area contributed by atoms with E-state index in [0.29, 0.717) is 38.9 Å².